The predicted octanol–water partition coefficient (Wildman–Crippen LogP) is 3.02. The summed E-state index contributed by atoms with van der Waals surface area (Å²) in [6.45, 7) is 0.662. The molecule has 1 unspecified atom stereocenters. The lowest BCUT2D eigenvalue weighted by atomic mass is 9.99. The number of para-hydroxylation sites is 1. The molecule has 0 radical (unpaired) electrons. The zero-order valence-electron chi connectivity index (χ0n) is 10.6. The van der Waals surface area contributed by atoms with Gasteiger partial charge in [-0.05, 0) is 31.0 Å². The Morgan fingerprint density at radius 3 is 2.94 bits per heavy atom. The predicted molar refractivity (Wildman–Crippen MR) is 67.3 cm³/mol. The van der Waals surface area contributed by atoms with Crippen LogP contribution in [0.4, 0.5) is 8.78 Å². The minimum Gasteiger partial charge on any atom is -0.496 e. The number of halogens is 2. The van der Waals surface area contributed by atoms with Gasteiger partial charge in [-0.25, -0.2) is 8.78 Å². The molecule has 4 heteroatoms. The highest BCUT2D eigenvalue weighted by Crippen LogP contribution is 2.30. The van der Waals surface area contributed by atoms with Crippen molar-refractivity contribution in [3.05, 3.63) is 29.8 Å². The molecule has 18 heavy (non-hydrogen) atoms. The molecule has 1 aliphatic heterocycles. The van der Waals surface area contributed by atoms with Crippen molar-refractivity contribution < 1.29 is 13.5 Å². The molecule has 1 saturated heterocycles. The number of rotatable bonds is 3. The largest absolute Gasteiger partial charge is 0.496 e. The molecule has 1 aromatic carbocycles. The Kier molecular flexibility index (Phi) is 4.17. The lowest BCUT2D eigenvalue weighted by molar-refractivity contribution is -0.0183. The van der Waals surface area contributed by atoms with E-state index in [1.54, 1.807) is 7.11 Å². The Bertz CT molecular complexity index is 395. The van der Waals surface area contributed by atoms with Crippen LogP contribution < -0.4 is 10.1 Å². The third kappa shape index (κ3) is 3.42. The van der Waals surface area contributed by atoms with Gasteiger partial charge in [0.1, 0.15) is 5.75 Å². The number of benzene rings is 1. The molecule has 100 valence electrons. The van der Waals surface area contributed by atoms with Crippen molar-refractivity contribution in [2.75, 3.05) is 13.7 Å². The number of hydrogen-bond acceptors (Lipinski definition) is 2. The summed E-state index contributed by atoms with van der Waals surface area (Å²) in [6, 6.07) is 7.41. The average Bonchev–Trinajstić information content (AvgIpc) is 2.50. The van der Waals surface area contributed by atoms with Gasteiger partial charge in [-0.3, -0.25) is 0 Å². The Morgan fingerprint density at radius 1 is 1.39 bits per heavy atom. The zero-order valence-corrected chi connectivity index (χ0v) is 10.6. The normalized spacial score (nSPS) is 23.4. The van der Waals surface area contributed by atoms with Gasteiger partial charge in [-0.15, -0.1) is 0 Å². The summed E-state index contributed by atoms with van der Waals surface area (Å²) in [6.07, 6.45) is 1.02. The van der Waals surface area contributed by atoms with E-state index in [9.17, 15) is 8.78 Å². The Balaban J connectivity index is 2.07. The SMILES string of the molecule is COc1ccccc1CC1CC(F)(F)CCCN1. The lowest BCUT2D eigenvalue weighted by Crippen LogP contribution is -2.34. The van der Waals surface area contributed by atoms with Crippen LogP contribution in [0.3, 0.4) is 0 Å². The van der Waals surface area contributed by atoms with Gasteiger partial charge in [0.2, 0.25) is 5.92 Å². The van der Waals surface area contributed by atoms with Crippen molar-refractivity contribution in [3.63, 3.8) is 0 Å². The Morgan fingerprint density at radius 2 is 2.17 bits per heavy atom. The van der Waals surface area contributed by atoms with Gasteiger partial charge in [0.15, 0.2) is 0 Å². The van der Waals surface area contributed by atoms with E-state index < -0.39 is 5.92 Å². The van der Waals surface area contributed by atoms with Crippen molar-refractivity contribution in [2.45, 2.75) is 37.6 Å². The summed E-state index contributed by atoms with van der Waals surface area (Å²) in [5, 5.41) is 3.20. The van der Waals surface area contributed by atoms with Gasteiger partial charge in [-0.2, -0.15) is 0 Å². The highest BCUT2D eigenvalue weighted by atomic mass is 19.3. The number of ether oxygens (including phenoxy) is 1. The molecule has 2 nitrogen and oxygen atoms in total. The first kappa shape index (κ1) is 13.3. The lowest BCUT2D eigenvalue weighted by Gasteiger charge is -2.21. The smallest absolute Gasteiger partial charge is 0.249 e. The number of methoxy groups -OCH3 is 1. The molecule has 1 aromatic rings. The molecule has 1 aliphatic rings. The molecule has 1 N–H and O–H groups in total. The summed E-state index contributed by atoms with van der Waals surface area (Å²) < 4.78 is 32.3. The molecular weight excluding hydrogens is 236 g/mol. The summed E-state index contributed by atoms with van der Waals surface area (Å²) in [5.74, 6) is -1.78. The van der Waals surface area contributed by atoms with Crippen molar-refractivity contribution in [1.29, 1.82) is 0 Å². The standard InChI is InChI=1S/C14H19F2NO/c1-18-13-6-3-2-5-11(13)9-12-10-14(15,16)7-4-8-17-12/h2-3,5-6,12,17H,4,7-10H2,1H3. The molecule has 2 rings (SSSR count). The van der Waals surface area contributed by atoms with Crippen LogP contribution in [0.5, 0.6) is 5.75 Å². The van der Waals surface area contributed by atoms with E-state index in [2.05, 4.69) is 5.32 Å². The van der Waals surface area contributed by atoms with Crippen molar-refractivity contribution in [1.82, 2.24) is 5.32 Å². The Hall–Kier alpha value is -1.16. The van der Waals surface area contributed by atoms with Crippen LogP contribution in [0.25, 0.3) is 0 Å². The highest BCUT2D eigenvalue weighted by molar-refractivity contribution is 5.33. The van der Waals surface area contributed by atoms with Gasteiger partial charge < -0.3 is 10.1 Å². The molecule has 0 spiro atoms. The third-order valence-corrected chi connectivity index (χ3v) is 3.36. The van der Waals surface area contributed by atoms with E-state index >= 15 is 0 Å². The Labute approximate surface area is 106 Å². The maximum absolute atomic E-state index is 13.5. The number of hydrogen-bond donors (Lipinski definition) is 1. The third-order valence-electron chi connectivity index (χ3n) is 3.36. The van der Waals surface area contributed by atoms with Gasteiger partial charge in [0.05, 0.1) is 7.11 Å². The minimum absolute atomic E-state index is 0.0115. The van der Waals surface area contributed by atoms with Crippen LogP contribution in [-0.2, 0) is 6.42 Å². The second-order valence-electron chi connectivity index (χ2n) is 4.83. The van der Waals surface area contributed by atoms with Crippen molar-refractivity contribution in [3.8, 4) is 5.75 Å². The van der Waals surface area contributed by atoms with Crippen LogP contribution in [0.15, 0.2) is 24.3 Å². The quantitative estimate of drug-likeness (QED) is 0.896. The summed E-state index contributed by atoms with van der Waals surface area (Å²) in [7, 11) is 1.61. The second kappa shape index (κ2) is 5.65. The van der Waals surface area contributed by atoms with E-state index in [-0.39, 0.29) is 18.9 Å². The van der Waals surface area contributed by atoms with Crippen molar-refractivity contribution in [2.24, 2.45) is 0 Å². The maximum Gasteiger partial charge on any atom is 0.249 e. The summed E-state index contributed by atoms with van der Waals surface area (Å²) in [4.78, 5) is 0. The van der Waals surface area contributed by atoms with Crippen molar-refractivity contribution >= 4 is 0 Å². The van der Waals surface area contributed by atoms with E-state index in [1.807, 2.05) is 24.3 Å². The fourth-order valence-corrected chi connectivity index (χ4v) is 2.47. The number of nitrogens with one attached hydrogen (secondary N) is 1. The summed E-state index contributed by atoms with van der Waals surface area (Å²) >= 11 is 0. The fourth-order valence-electron chi connectivity index (χ4n) is 2.47. The monoisotopic (exact) mass is 255 g/mol. The molecule has 0 aromatic heterocycles. The maximum atomic E-state index is 13.5. The highest BCUT2D eigenvalue weighted by Gasteiger charge is 2.34. The number of alkyl halides is 2. The van der Waals surface area contributed by atoms with Crippen LogP contribution >= 0.6 is 0 Å². The molecule has 0 bridgehead atoms. The fraction of sp³-hybridized carbons (Fsp3) is 0.571. The van der Waals surface area contributed by atoms with Crippen LogP contribution in [0.1, 0.15) is 24.8 Å². The van der Waals surface area contributed by atoms with Gasteiger partial charge in [-0.1, -0.05) is 18.2 Å². The van der Waals surface area contributed by atoms with E-state index in [0.717, 1.165) is 11.3 Å². The van der Waals surface area contributed by atoms with Crippen LogP contribution in [0, 0.1) is 0 Å². The van der Waals surface area contributed by atoms with Gasteiger partial charge in [0.25, 0.3) is 0 Å². The topological polar surface area (TPSA) is 21.3 Å². The van der Waals surface area contributed by atoms with E-state index in [1.165, 1.54) is 0 Å². The molecule has 0 saturated carbocycles. The first-order valence-corrected chi connectivity index (χ1v) is 6.34. The van der Waals surface area contributed by atoms with E-state index in [0.29, 0.717) is 19.4 Å². The zero-order chi connectivity index (χ0) is 13.0. The molecule has 0 amide bonds. The average molecular weight is 255 g/mol. The molecule has 1 heterocycles. The summed E-state index contributed by atoms with van der Waals surface area (Å²) in [5.41, 5.74) is 0.982. The first-order chi connectivity index (χ1) is 8.61. The molecular formula is C14H19F2NO. The first-order valence-electron chi connectivity index (χ1n) is 6.34. The van der Waals surface area contributed by atoms with Gasteiger partial charge in [0, 0.05) is 18.9 Å². The minimum atomic E-state index is -2.55. The molecule has 1 fully saturated rings. The van der Waals surface area contributed by atoms with Gasteiger partial charge >= 0.3 is 0 Å². The molecule has 1 atom stereocenters. The molecule has 0 aliphatic carbocycles. The van der Waals surface area contributed by atoms with Crippen LogP contribution in [0.2, 0.25) is 0 Å². The second-order valence-corrected chi connectivity index (χ2v) is 4.83. The van der Waals surface area contributed by atoms with E-state index in [4.69, 9.17) is 4.74 Å². The van der Waals surface area contributed by atoms with Crippen LogP contribution in [-0.4, -0.2) is 25.6 Å².